The van der Waals surface area contributed by atoms with Crippen LogP contribution in [0.4, 0.5) is 5.69 Å². The third-order valence-corrected chi connectivity index (χ3v) is 2.74. The van der Waals surface area contributed by atoms with Gasteiger partial charge in [0.05, 0.1) is 18.1 Å². The summed E-state index contributed by atoms with van der Waals surface area (Å²) in [7, 11) is 2.98. The molecule has 0 atom stereocenters. The highest BCUT2D eigenvalue weighted by Gasteiger charge is 2.27. The lowest BCUT2D eigenvalue weighted by Gasteiger charge is -2.14. The number of benzene rings is 1. The van der Waals surface area contributed by atoms with Crippen LogP contribution in [-0.4, -0.2) is 50.0 Å². The minimum atomic E-state index is -1.41. The Balaban J connectivity index is 3.28. The standard InChI is InChI=1S/C13H17NO7/c1-19-6-5-9-3-4-10(14(17)18)11(13(15)16)12(9)21-8-7-20-2/h3-4H,5-8H2,1-2H3,(H,15,16). The molecule has 0 aliphatic carbocycles. The van der Waals surface area contributed by atoms with Crippen LogP contribution in [0.2, 0.25) is 0 Å². The number of nitro benzene ring substituents is 1. The number of nitro groups is 1. The molecule has 21 heavy (non-hydrogen) atoms. The van der Waals surface area contributed by atoms with E-state index in [1.807, 2.05) is 0 Å². The third-order valence-electron chi connectivity index (χ3n) is 2.74. The van der Waals surface area contributed by atoms with Crippen LogP contribution in [0.25, 0.3) is 0 Å². The van der Waals surface area contributed by atoms with E-state index in [4.69, 9.17) is 14.2 Å². The Morgan fingerprint density at radius 3 is 2.43 bits per heavy atom. The predicted molar refractivity (Wildman–Crippen MR) is 73.0 cm³/mol. The second kappa shape index (κ2) is 8.18. The smallest absolute Gasteiger partial charge is 0.346 e. The summed E-state index contributed by atoms with van der Waals surface area (Å²) in [6, 6.07) is 2.64. The van der Waals surface area contributed by atoms with Crippen molar-refractivity contribution in [3.63, 3.8) is 0 Å². The summed E-state index contributed by atoms with van der Waals surface area (Å²) in [6.07, 6.45) is 0.386. The zero-order valence-electron chi connectivity index (χ0n) is 11.8. The van der Waals surface area contributed by atoms with Crippen molar-refractivity contribution in [3.05, 3.63) is 33.4 Å². The maximum absolute atomic E-state index is 11.4. The fourth-order valence-electron chi connectivity index (χ4n) is 1.78. The zero-order valence-corrected chi connectivity index (χ0v) is 11.8. The highest BCUT2D eigenvalue weighted by atomic mass is 16.6. The summed E-state index contributed by atoms with van der Waals surface area (Å²) in [6.45, 7) is 0.681. The molecule has 0 aliphatic heterocycles. The first-order valence-electron chi connectivity index (χ1n) is 6.17. The number of carboxylic acid groups (broad SMARTS) is 1. The largest absolute Gasteiger partial charge is 0.490 e. The van der Waals surface area contributed by atoms with Gasteiger partial charge < -0.3 is 19.3 Å². The van der Waals surface area contributed by atoms with Gasteiger partial charge in [0.2, 0.25) is 0 Å². The van der Waals surface area contributed by atoms with Crippen LogP contribution in [-0.2, 0) is 15.9 Å². The van der Waals surface area contributed by atoms with E-state index >= 15 is 0 Å². The molecule has 0 unspecified atom stereocenters. The second-order valence-corrected chi connectivity index (χ2v) is 4.09. The molecule has 0 aromatic heterocycles. The maximum atomic E-state index is 11.4. The number of hydrogen-bond donors (Lipinski definition) is 1. The number of aromatic carboxylic acids is 1. The van der Waals surface area contributed by atoms with E-state index in [1.165, 1.54) is 20.3 Å². The first kappa shape index (κ1) is 16.9. The predicted octanol–water partition coefficient (Wildman–Crippen LogP) is 1.51. The van der Waals surface area contributed by atoms with Gasteiger partial charge >= 0.3 is 5.97 Å². The average Bonchev–Trinajstić information content (AvgIpc) is 2.44. The molecule has 0 radical (unpaired) electrons. The Morgan fingerprint density at radius 2 is 1.90 bits per heavy atom. The number of carboxylic acids is 1. The van der Waals surface area contributed by atoms with E-state index in [2.05, 4.69) is 0 Å². The average molecular weight is 299 g/mol. The van der Waals surface area contributed by atoms with Crippen LogP contribution in [0, 0.1) is 10.1 Å². The lowest BCUT2D eigenvalue weighted by atomic mass is 10.0. The normalized spacial score (nSPS) is 10.4. The molecule has 1 aromatic rings. The molecule has 1 aromatic carbocycles. The summed E-state index contributed by atoms with van der Waals surface area (Å²) in [5.41, 5.74) is -0.420. The Bertz CT molecular complexity index is 515. The quantitative estimate of drug-likeness (QED) is 0.418. The van der Waals surface area contributed by atoms with Gasteiger partial charge in [-0.05, 0) is 18.1 Å². The van der Waals surface area contributed by atoms with Gasteiger partial charge in [0, 0.05) is 20.3 Å². The van der Waals surface area contributed by atoms with Gasteiger partial charge in [-0.2, -0.15) is 0 Å². The van der Waals surface area contributed by atoms with Crippen molar-refractivity contribution in [1.82, 2.24) is 0 Å². The fourth-order valence-corrected chi connectivity index (χ4v) is 1.78. The van der Waals surface area contributed by atoms with E-state index in [0.29, 0.717) is 18.6 Å². The lowest BCUT2D eigenvalue weighted by Crippen LogP contribution is -2.13. The number of ether oxygens (including phenoxy) is 3. The van der Waals surface area contributed by atoms with Gasteiger partial charge in [0.1, 0.15) is 12.4 Å². The molecule has 116 valence electrons. The summed E-state index contributed by atoms with van der Waals surface area (Å²) in [5.74, 6) is -1.42. The monoisotopic (exact) mass is 299 g/mol. The maximum Gasteiger partial charge on any atom is 0.346 e. The number of nitrogens with zero attached hydrogens (tertiary/aromatic N) is 1. The van der Waals surface area contributed by atoms with Crippen molar-refractivity contribution < 1.29 is 29.0 Å². The Morgan fingerprint density at radius 1 is 1.24 bits per heavy atom. The minimum Gasteiger partial charge on any atom is -0.490 e. The van der Waals surface area contributed by atoms with Gasteiger partial charge in [-0.3, -0.25) is 10.1 Å². The molecule has 0 saturated carbocycles. The number of rotatable bonds is 9. The third kappa shape index (κ3) is 4.40. The summed E-state index contributed by atoms with van der Waals surface area (Å²) >= 11 is 0. The van der Waals surface area contributed by atoms with Crippen LogP contribution in [0.15, 0.2) is 12.1 Å². The van der Waals surface area contributed by atoms with Gasteiger partial charge in [0.15, 0.2) is 5.56 Å². The van der Waals surface area contributed by atoms with Crippen LogP contribution in [0.5, 0.6) is 5.75 Å². The SMILES string of the molecule is COCCOc1c(CCOC)ccc([N+](=O)[O-])c1C(=O)O. The van der Waals surface area contributed by atoms with E-state index < -0.39 is 22.1 Å². The van der Waals surface area contributed by atoms with Gasteiger partial charge in [-0.1, -0.05) is 0 Å². The molecular formula is C13H17NO7. The molecule has 0 fully saturated rings. The van der Waals surface area contributed by atoms with Crippen molar-refractivity contribution in [2.45, 2.75) is 6.42 Å². The van der Waals surface area contributed by atoms with Crippen molar-refractivity contribution in [2.75, 3.05) is 34.0 Å². The van der Waals surface area contributed by atoms with Crippen molar-refractivity contribution >= 4 is 11.7 Å². The van der Waals surface area contributed by atoms with E-state index in [0.717, 1.165) is 6.07 Å². The minimum absolute atomic E-state index is 0.00852. The number of methoxy groups -OCH3 is 2. The topological polar surface area (TPSA) is 108 Å². The first-order valence-corrected chi connectivity index (χ1v) is 6.17. The highest BCUT2D eigenvalue weighted by molar-refractivity contribution is 5.96. The van der Waals surface area contributed by atoms with Crippen LogP contribution >= 0.6 is 0 Å². The van der Waals surface area contributed by atoms with E-state index in [9.17, 15) is 20.0 Å². The van der Waals surface area contributed by atoms with E-state index in [1.54, 1.807) is 0 Å². The molecule has 1 rings (SSSR count). The highest BCUT2D eigenvalue weighted by Crippen LogP contribution is 2.32. The van der Waals surface area contributed by atoms with Gasteiger partial charge in [-0.15, -0.1) is 0 Å². The summed E-state index contributed by atoms with van der Waals surface area (Å²) in [5, 5.41) is 20.2. The molecule has 1 N–H and O–H groups in total. The molecule has 0 bridgehead atoms. The van der Waals surface area contributed by atoms with Crippen molar-refractivity contribution in [1.29, 1.82) is 0 Å². The fraction of sp³-hybridized carbons (Fsp3) is 0.462. The van der Waals surface area contributed by atoms with Crippen molar-refractivity contribution in [2.24, 2.45) is 0 Å². The first-order chi connectivity index (χ1) is 10.0. The number of hydrogen-bond acceptors (Lipinski definition) is 6. The van der Waals surface area contributed by atoms with Crippen LogP contribution < -0.4 is 4.74 Å². The number of carbonyl (C=O) groups is 1. The zero-order chi connectivity index (χ0) is 15.8. The molecule has 0 aliphatic rings. The second-order valence-electron chi connectivity index (χ2n) is 4.09. The van der Waals surface area contributed by atoms with Gasteiger partial charge in [0.25, 0.3) is 5.69 Å². The Kier molecular flexibility index (Phi) is 6.57. The molecular weight excluding hydrogens is 282 g/mol. The van der Waals surface area contributed by atoms with Crippen LogP contribution in [0.3, 0.4) is 0 Å². The van der Waals surface area contributed by atoms with Crippen molar-refractivity contribution in [3.8, 4) is 5.75 Å². The van der Waals surface area contributed by atoms with Gasteiger partial charge in [-0.25, -0.2) is 4.79 Å². The molecule has 8 heteroatoms. The summed E-state index contributed by atoms with van der Waals surface area (Å²) < 4.78 is 15.2. The van der Waals surface area contributed by atoms with Crippen LogP contribution in [0.1, 0.15) is 15.9 Å². The molecule has 0 spiro atoms. The Hall–Kier alpha value is -2.19. The molecule has 0 heterocycles. The molecule has 0 saturated heterocycles. The Labute approximate surface area is 121 Å². The van der Waals surface area contributed by atoms with E-state index in [-0.39, 0.29) is 19.0 Å². The lowest BCUT2D eigenvalue weighted by molar-refractivity contribution is -0.385. The molecule has 0 amide bonds. The molecule has 8 nitrogen and oxygen atoms in total. The summed E-state index contributed by atoms with van der Waals surface area (Å²) in [4.78, 5) is 21.6.